The Morgan fingerprint density at radius 3 is 2.30 bits per heavy atom. The summed E-state index contributed by atoms with van der Waals surface area (Å²) in [6.07, 6.45) is 11.1. The predicted octanol–water partition coefficient (Wildman–Crippen LogP) is 7.88. The molecule has 0 spiro atoms. The van der Waals surface area contributed by atoms with Gasteiger partial charge in [0.25, 0.3) is 0 Å². The second-order valence-electron chi connectivity index (χ2n) is 9.76. The van der Waals surface area contributed by atoms with Crippen LogP contribution in [0.1, 0.15) is 99.8 Å². The van der Waals surface area contributed by atoms with Crippen LogP contribution in [0, 0.1) is 35.0 Å². The van der Waals surface area contributed by atoms with Crippen molar-refractivity contribution in [1.82, 2.24) is 0 Å². The lowest BCUT2D eigenvalue weighted by atomic mass is 9.73. The van der Waals surface area contributed by atoms with Gasteiger partial charge in [-0.3, -0.25) is 0 Å². The maximum atomic E-state index is 4.33. The fraction of sp³-hybridized carbons (Fsp3) is 0.913. The Morgan fingerprint density at radius 1 is 1.22 bits per heavy atom. The summed E-state index contributed by atoms with van der Waals surface area (Å²) in [5.41, 5.74) is 1.87. The van der Waals surface area contributed by atoms with Gasteiger partial charge in [-0.1, -0.05) is 79.4 Å². The van der Waals surface area contributed by atoms with E-state index in [4.69, 9.17) is 0 Å². The second kappa shape index (κ2) is 9.28. The third-order valence-corrected chi connectivity index (χ3v) is 6.57. The molecule has 0 aromatic rings. The lowest BCUT2D eigenvalue weighted by molar-refractivity contribution is 0.216. The van der Waals surface area contributed by atoms with Crippen LogP contribution in [0.25, 0.3) is 0 Å². The zero-order valence-corrected chi connectivity index (χ0v) is 17.3. The van der Waals surface area contributed by atoms with Crippen molar-refractivity contribution in [3.63, 3.8) is 0 Å². The first-order valence-corrected chi connectivity index (χ1v) is 10.3. The molecule has 0 aromatic heterocycles. The summed E-state index contributed by atoms with van der Waals surface area (Å²) >= 11 is 0. The van der Waals surface area contributed by atoms with E-state index in [9.17, 15) is 0 Å². The molecule has 0 radical (unpaired) electrons. The average Bonchev–Trinajstić information content (AvgIpc) is 3.13. The summed E-state index contributed by atoms with van der Waals surface area (Å²) in [6, 6.07) is 0. The molecule has 0 aromatic carbocycles. The SMILES string of the molecule is C=C(C)C(CC(C)C(C)CCC)CC(C)(C)CCCC1CC1C. The lowest BCUT2D eigenvalue weighted by Gasteiger charge is -2.33. The second-order valence-corrected chi connectivity index (χ2v) is 9.76. The summed E-state index contributed by atoms with van der Waals surface area (Å²) in [5, 5.41) is 0. The highest BCUT2D eigenvalue weighted by Gasteiger charge is 2.32. The molecule has 0 N–H and O–H groups in total. The van der Waals surface area contributed by atoms with E-state index in [1.807, 2.05) is 0 Å². The molecular formula is C23H44. The monoisotopic (exact) mass is 320 g/mol. The third-order valence-electron chi connectivity index (χ3n) is 6.57. The first-order valence-electron chi connectivity index (χ1n) is 10.3. The van der Waals surface area contributed by atoms with Crippen LogP contribution >= 0.6 is 0 Å². The number of hydrogen-bond donors (Lipinski definition) is 0. The van der Waals surface area contributed by atoms with Gasteiger partial charge in [0.05, 0.1) is 0 Å². The zero-order valence-electron chi connectivity index (χ0n) is 17.3. The number of allylic oxidation sites excluding steroid dienone is 1. The van der Waals surface area contributed by atoms with Crippen LogP contribution in [0.4, 0.5) is 0 Å². The van der Waals surface area contributed by atoms with Gasteiger partial charge in [-0.25, -0.2) is 0 Å². The highest BCUT2D eigenvalue weighted by atomic mass is 14.4. The van der Waals surface area contributed by atoms with Gasteiger partial charge in [0, 0.05) is 0 Å². The molecule has 0 saturated heterocycles. The Balaban J connectivity index is 2.44. The summed E-state index contributed by atoms with van der Waals surface area (Å²) in [6.45, 7) is 21.2. The maximum Gasteiger partial charge on any atom is -0.0201 e. The van der Waals surface area contributed by atoms with Crippen LogP contribution in [0.5, 0.6) is 0 Å². The van der Waals surface area contributed by atoms with Gasteiger partial charge in [-0.2, -0.15) is 0 Å². The smallest absolute Gasteiger partial charge is 0.0201 e. The van der Waals surface area contributed by atoms with Gasteiger partial charge >= 0.3 is 0 Å². The molecule has 1 aliphatic rings. The Bertz CT molecular complexity index is 351. The molecule has 0 aliphatic heterocycles. The lowest BCUT2D eigenvalue weighted by Crippen LogP contribution is -2.21. The largest absolute Gasteiger partial charge is 0.0999 e. The molecule has 0 heterocycles. The number of hydrogen-bond acceptors (Lipinski definition) is 0. The third kappa shape index (κ3) is 7.90. The summed E-state index contributed by atoms with van der Waals surface area (Å²) < 4.78 is 0. The Labute approximate surface area is 147 Å². The van der Waals surface area contributed by atoms with Crippen LogP contribution in [0.3, 0.4) is 0 Å². The molecule has 5 atom stereocenters. The van der Waals surface area contributed by atoms with E-state index in [1.165, 1.54) is 56.9 Å². The minimum absolute atomic E-state index is 0.468. The fourth-order valence-electron chi connectivity index (χ4n) is 4.29. The minimum atomic E-state index is 0.468. The van der Waals surface area contributed by atoms with Crippen LogP contribution in [-0.2, 0) is 0 Å². The van der Waals surface area contributed by atoms with E-state index in [0.29, 0.717) is 11.3 Å². The minimum Gasteiger partial charge on any atom is -0.0999 e. The van der Waals surface area contributed by atoms with Crippen molar-refractivity contribution in [1.29, 1.82) is 0 Å². The predicted molar refractivity (Wildman–Crippen MR) is 106 cm³/mol. The van der Waals surface area contributed by atoms with E-state index in [-0.39, 0.29) is 0 Å². The molecule has 23 heavy (non-hydrogen) atoms. The quantitative estimate of drug-likeness (QED) is 0.321. The summed E-state index contributed by atoms with van der Waals surface area (Å²) in [5.74, 6) is 4.44. The van der Waals surface area contributed by atoms with Crippen molar-refractivity contribution >= 4 is 0 Å². The van der Waals surface area contributed by atoms with Crippen molar-refractivity contribution < 1.29 is 0 Å². The molecule has 1 fully saturated rings. The van der Waals surface area contributed by atoms with Gasteiger partial charge in [0.2, 0.25) is 0 Å². The van der Waals surface area contributed by atoms with E-state index < -0.39 is 0 Å². The van der Waals surface area contributed by atoms with E-state index in [2.05, 4.69) is 55.0 Å². The fourth-order valence-corrected chi connectivity index (χ4v) is 4.29. The molecule has 5 unspecified atom stereocenters. The normalized spacial score (nSPS) is 25.0. The summed E-state index contributed by atoms with van der Waals surface area (Å²) in [7, 11) is 0. The topological polar surface area (TPSA) is 0 Å². The molecular weight excluding hydrogens is 276 g/mol. The van der Waals surface area contributed by atoms with E-state index >= 15 is 0 Å². The van der Waals surface area contributed by atoms with Crippen molar-refractivity contribution in [2.75, 3.05) is 0 Å². The summed E-state index contributed by atoms with van der Waals surface area (Å²) in [4.78, 5) is 0. The molecule has 0 bridgehead atoms. The van der Waals surface area contributed by atoms with Crippen LogP contribution in [0.15, 0.2) is 12.2 Å². The van der Waals surface area contributed by atoms with Crippen LogP contribution in [-0.4, -0.2) is 0 Å². The average molecular weight is 321 g/mol. The Morgan fingerprint density at radius 2 is 1.83 bits per heavy atom. The van der Waals surface area contributed by atoms with E-state index in [1.54, 1.807) is 0 Å². The Kier molecular flexibility index (Phi) is 8.39. The molecule has 0 nitrogen and oxygen atoms in total. The van der Waals surface area contributed by atoms with Gasteiger partial charge in [0.15, 0.2) is 0 Å². The molecule has 1 saturated carbocycles. The van der Waals surface area contributed by atoms with Gasteiger partial charge < -0.3 is 0 Å². The van der Waals surface area contributed by atoms with Gasteiger partial charge in [0.1, 0.15) is 0 Å². The van der Waals surface area contributed by atoms with E-state index in [0.717, 1.165) is 23.7 Å². The molecule has 0 amide bonds. The molecule has 1 aliphatic carbocycles. The maximum absolute atomic E-state index is 4.33. The highest BCUT2D eigenvalue weighted by molar-refractivity contribution is 4.99. The van der Waals surface area contributed by atoms with Crippen LogP contribution in [0.2, 0.25) is 0 Å². The van der Waals surface area contributed by atoms with Gasteiger partial charge in [-0.15, -0.1) is 0 Å². The van der Waals surface area contributed by atoms with Crippen molar-refractivity contribution in [2.24, 2.45) is 35.0 Å². The zero-order chi connectivity index (χ0) is 17.6. The highest BCUT2D eigenvalue weighted by Crippen LogP contribution is 2.44. The van der Waals surface area contributed by atoms with Gasteiger partial charge in [-0.05, 0) is 67.6 Å². The Hall–Kier alpha value is -0.260. The number of rotatable bonds is 12. The molecule has 1 rings (SSSR count). The first kappa shape index (κ1) is 20.8. The van der Waals surface area contributed by atoms with Crippen LogP contribution < -0.4 is 0 Å². The first-order chi connectivity index (χ1) is 10.7. The molecule has 136 valence electrons. The van der Waals surface area contributed by atoms with Crippen molar-refractivity contribution in [3.05, 3.63) is 12.2 Å². The molecule has 0 heteroatoms. The standard InChI is InChI=1S/C23H44/c1-9-11-18(4)19(5)14-22(17(2)3)16-23(7,8)13-10-12-21-15-20(21)6/h18-22H,2,9-16H2,1,3-8H3. The van der Waals surface area contributed by atoms with Crippen molar-refractivity contribution in [3.8, 4) is 0 Å². The van der Waals surface area contributed by atoms with Crippen molar-refractivity contribution in [2.45, 2.75) is 99.8 Å².